The summed E-state index contributed by atoms with van der Waals surface area (Å²) in [7, 11) is 5.89. The number of hydrogen-bond acceptors (Lipinski definition) is 7. The number of carbonyl (C=O) groups is 1. The molecule has 164 valence electrons. The fraction of sp³-hybridized carbons (Fsp3) is 0.450. The highest BCUT2D eigenvalue weighted by Gasteiger charge is 2.22. The van der Waals surface area contributed by atoms with Crippen molar-refractivity contribution in [1.82, 2.24) is 9.55 Å². The van der Waals surface area contributed by atoms with Crippen molar-refractivity contribution in [2.24, 2.45) is 0 Å². The smallest absolute Gasteiger partial charge is 0.330 e. The minimum atomic E-state index is -0.717. The standard InChI is InChI=1S/C20H28N4O6/c1-6-7-8-24-18(21)16(19(26)22-20(24)27)23(2)15(25)11-12-9-13(28-3)17(30-5)14(10-12)29-4/h9-10H,6-8,11,21H2,1-5H3,(H,22,26,27). The zero-order valence-electron chi connectivity index (χ0n) is 17.9. The van der Waals surface area contributed by atoms with Gasteiger partial charge in [-0.3, -0.25) is 19.1 Å². The number of amides is 1. The highest BCUT2D eigenvalue weighted by molar-refractivity contribution is 5.96. The zero-order valence-corrected chi connectivity index (χ0v) is 17.9. The summed E-state index contributed by atoms with van der Waals surface area (Å²) in [6.07, 6.45) is 1.50. The number of likely N-dealkylation sites (N-methyl/N-ethyl adjacent to an activating group) is 1. The molecule has 1 aromatic heterocycles. The van der Waals surface area contributed by atoms with E-state index >= 15 is 0 Å². The molecule has 1 heterocycles. The third kappa shape index (κ3) is 4.58. The third-order valence-electron chi connectivity index (χ3n) is 4.74. The minimum Gasteiger partial charge on any atom is -0.493 e. The Morgan fingerprint density at radius 2 is 1.73 bits per heavy atom. The van der Waals surface area contributed by atoms with E-state index in [9.17, 15) is 14.4 Å². The second-order valence-electron chi connectivity index (χ2n) is 6.66. The van der Waals surface area contributed by atoms with Crippen LogP contribution in [0.5, 0.6) is 17.2 Å². The Kier molecular flexibility index (Phi) is 7.51. The first-order chi connectivity index (χ1) is 14.3. The number of nitrogens with two attached hydrogens (primary N) is 1. The highest BCUT2D eigenvalue weighted by Crippen LogP contribution is 2.38. The molecule has 1 aromatic carbocycles. The minimum absolute atomic E-state index is 0.0436. The van der Waals surface area contributed by atoms with Crippen LogP contribution in [0.1, 0.15) is 25.3 Å². The Morgan fingerprint density at radius 1 is 1.13 bits per heavy atom. The van der Waals surface area contributed by atoms with Gasteiger partial charge in [0.15, 0.2) is 17.2 Å². The molecule has 0 aliphatic rings. The number of unbranched alkanes of at least 4 members (excludes halogenated alkanes) is 1. The van der Waals surface area contributed by atoms with E-state index in [1.54, 1.807) is 12.1 Å². The quantitative estimate of drug-likeness (QED) is 0.622. The van der Waals surface area contributed by atoms with Gasteiger partial charge in [-0.2, -0.15) is 0 Å². The summed E-state index contributed by atoms with van der Waals surface area (Å²) >= 11 is 0. The van der Waals surface area contributed by atoms with Crippen LogP contribution in [0.4, 0.5) is 11.5 Å². The van der Waals surface area contributed by atoms with E-state index in [4.69, 9.17) is 19.9 Å². The molecule has 0 saturated carbocycles. The maximum absolute atomic E-state index is 12.9. The van der Waals surface area contributed by atoms with Crippen LogP contribution in [0.25, 0.3) is 0 Å². The summed E-state index contributed by atoms with van der Waals surface area (Å²) in [6, 6.07) is 3.31. The molecule has 0 unspecified atom stereocenters. The molecule has 10 heteroatoms. The highest BCUT2D eigenvalue weighted by atomic mass is 16.5. The second-order valence-corrected chi connectivity index (χ2v) is 6.66. The zero-order chi connectivity index (χ0) is 22.4. The SMILES string of the molecule is CCCCn1c(N)c(N(C)C(=O)Cc2cc(OC)c(OC)c(OC)c2)c(=O)[nH]c1=O. The third-order valence-corrected chi connectivity index (χ3v) is 4.74. The average molecular weight is 420 g/mol. The number of rotatable bonds is 9. The van der Waals surface area contributed by atoms with Crippen LogP contribution in [0, 0.1) is 0 Å². The fourth-order valence-corrected chi connectivity index (χ4v) is 3.10. The molecule has 0 aliphatic carbocycles. The van der Waals surface area contributed by atoms with Crippen LogP contribution in [-0.2, 0) is 17.8 Å². The first kappa shape index (κ1) is 22.9. The van der Waals surface area contributed by atoms with Crippen molar-refractivity contribution >= 4 is 17.4 Å². The number of methoxy groups -OCH3 is 3. The first-order valence-electron chi connectivity index (χ1n) is 9.46. The molecule has 2 aromatic rings. The Labute approximate surface area is 174 Å². The van der Waals surface area contributed by atoms with Crippen LogP contribution in [-0.4, -0.2) is 43.8 Å². The molecule has 0 spiro atoms. The second kappa shape index (κ2) is 9.86. The number of aromatic amines is 1. The molecule has 0 radical (unpaired) electrons. The van der Waals surface area contributed by atoms with E-state index in [1.807, 2.05) is 6.92 Å². The summed E-state index contributed by atoms with van der Waals surface area (Å²) < 4.78 is 17.2. The molecule has 30 heavy (non-hydrogen) atoms. The molecule has 2 rings (SSSR count). The summed E-state index contributed by atoms with van der Waals surface area (Å²) in [4.78, 5) is 40.7. The predicted octanol–water partition coefficient (Wildman–Crippen LogP) is 1.15. The first-order valence-corrected chi connectivity index (χ1v) is 9.46. The monoisotopic (exact) mass is 420 g/mol. The molecule has 0 fully saturated rings. The van der Waals surface area contributed by atoms with E-state index in [-0.39, 0.29) is 17.9 Å². The molecule has 0 aliphatic heterocycles. The lowest BCUT2D eigenvalue weighted by atomic mass is 10.1. The van der Waals surface area contributed by atoms with Crippen LogP contribution < -0.4 is 36.1 Å². The molecular weight excluding hydrogens is 392 g/mol. The maximum Gasteiger partial charge on any atom is 0.330 e. The van der Waals surface area contributed by atoms with Crippen LogP contribution in [0.15, 0.2) is 21.7 Å². The van der Waals surface area contributed by atoms with Gasteiger partial charge in [0.2, 0.25) is 11.7 Å². The molecule has 0 saturated heterocycles. The van der Waals surface area contributed by atoms with Gasteiger partial charge in [-0.25, -0.2) is 4.79 Å². The number of benzene rings is 1. The van der Waals surface area contributed by atoms with Crippen molar-refractivity contribution < 1.29 is 19.0 Å². The molecule has 10 nitrogen and oxygen atoms in total. The van der Waals surface area contributed by atoms with E-state index in [0.29, 0.717) is 35.8 Å². The predicted molar refractivity (Wildman–Crippen MR) is 114 cm³/mol. The lowest BCUT2D eigenvalue weighted by molar-refractivity contribution is -0.117. The number of aromatic nitrogens is 2. The van der Waals surface area contributed by atoms with E-state index < -0.39 is 17.2 Å². The van der Waals surface area contributed by atoms with Crippen molar-refractivity contribution in [1.29, 1.82) is 0 Å². The van der Waals surface area contributed by atoms with Gasteiger partial charge in [-0.05, 0) is 24.1 Å². The topological polar surface area (TPSA) is 129 Å². The van der Waals surface area contributed by atoms with Crippen molar-refractivity contribution in [3.8, 4) is 17.2 Å². The largest absolute Gasteiger partial charge is 0.493 e. The van der Waals surface area contributed by atoms with Gasteiger partial charge in [-0.1, -0.05) is 13.3 Å². The molecular formula is C20H28N4O6. The number of ether oxygens (including phenoxy) is 3. The number of anilines is 2. The van der Waals surface area contributed by atoms with Crippen LogP contribution in [0.2, 0.25) is 0 Å². The van der Waals surface area contributed by atoms with Gasteiger partial charge in [0.1, 0.15) is 5.82 Å². The van der Waals surface area contributed by atoms with E-state index in [0.717, 1.165) is 11.3 Å². The Hall–Kier alpha value is -3.43. The Balaban J connectivity index is 2.39. The summed E-state index contributed by atoms with van der Waals surface area (Å²) in [5.41, 5.74) is 5.29. The lowest BCUT2D eigenvalue weighted by Crippen LogP contribution is -2.39. The number of nitrogens with zero attached hydrogens (tertiary/aromatic N) is 2. The Morgan fingerprint density at radius 3 is 2.23 bits per heavy atom. The maximum atomic E-state index is 12.9. The van der Waals surface area contributed by atoms with Gasteiger partial charge in [-0.15, -0.1) is 0 Å². The molecule has 1 amide bonds. The number of hydrogen-bond donors (Lipinski definition) is 2. The molecule has 3 N–H and O–H groups in total. The van der Waals surface area contributed by atoms with E-state index in [1.165, 1.54) is 32.9 Å². The van der Waals surface area contributed by atoms with Gasteiger partial charge >= 0.3 is 5.69 Å². The lowest BCUT2D eigenvalue weighted by Gasteiger charge is -2.21. The number of nitrogen functional groups attached to an aromatic ring is 1. The van der Waals surface area contributed by atoms with Gasteiger partial charge in [0.25, 0.3) is 5.56 Å². The molecule has 0 bridgehead atoms. The van der Waals surface area contributed by atoms with Crippen molar-refractivity contribution in [3.05, 3.63) is 38.5 Å². The summed E-state index contributed by atoms with van der Waals surface area (Å²) in [5.74, 6) is 0.786. The van der Waals surface area contributed by atoms with Crippen molar-refractivity contribution in [2.45, 2.75) is 32.7 Å². The summed E-state index contributed by atoms with van der Waals surface area (Å²) in [6.45, 7) is 2.32. The average Bonchev–Trinajstić information content (AvgIpc) is 2.72. The van der Waals surface area contributed by atoms with Gasteiger partial charge in [0.05, 0.1) is 27.8 Å². The number of H-pyrrole nitrogens is 1. The van der Waals surface area contributed by atoms with Gasteiger partial charge < -0.3 is 24.8 Å². The van der Waals surface area contributed by atoms with Gasteiger partial charge in [0, 0.05) is 13.6 Å². The van der Waals surface area contributed by atoms with Crippen LogP contribution >= 0.6 is 0 Å². The molecule has 0 atom stereocenters. The van der Waals surface area contributed by atoms with Crippen molar-refractivity contribution in [3.63, 3.8) is 0 Å². The number of nitrogens with one attached hydrogen (secondary N) is 1. The fourth-order valence-electron chi connectivity index (χ4n) is 3.10. The summed E-state index contributed by atoms with van der Waals surface area (Å²) in [5, 5.41) is 0. The van der Waals surface area contributed by atoms with E-state index in [2.05, 4.69) is 4.98 Å². The number of carbonyl (C=O) groups excluding carboxylic acids is 1. The van der Waals surface area contributed by atoms with Crippen LogP contribution in [0.3, 0.4) is 0 Å². The Bertz CT molecular complexity index is 1000. The normalized spacial score (nSPS) is 10.6. The van der Waals surface area contributed by atoms with Crippen molar-refractivity contribution in [2.75, 3.05) is 39.0 Å².